The molecular formula is C15H27N. The maximum absolute atomic E-state index is 2.81. The van der Waals surface area contributed by atoms with Gasteiger partial charge in [-0.25, -0.2) is 0 Å². The predicted molar refractivity (Wildman–Crippen MR) is 68.4 cm³/mol. The molecule has 1 heteroatoms. The summed E-state index contributed by atoms with van der Waals surface area (Å²) in [6.45, 7) is 13.6. The zero-order valence-electron chi connectivity index (χ0n) is 11.6. The van der Waals surface area contributed by atoms with Crippen molar-refractivity contribution >= 4 is 0 Å². The normalized spacial score (nSPS) is 46.3. The fourth-order valence-corrected chi connectivity index (χ4v) is 5.34. The summed E-state index contributed by atoms with van der Waals surface area (Å²) < 4.78 is 0. The van der Waals surface area contributed by atoms with E-state index < -0.39 is 0 Å². The molecule has 3 atom stereocenters. The highest BCUT2D eigenvalue weighted by Crippen LogP contribution is 2.70. The van der Waals surface area contributed by atoms with Crippen LogP contribution in [0.3, 0.4) is 0 Å². The Kier molecular flexibility index (Phi) is 1.98. The quantitative estimate of drug-likeness (QED) is 0.603. The third-order valence-electron chi connectivity index (χ3n) is 6.43. The lowest BCUT2D eigenvalue weighted by molar-refractivity contribution is 0.0571. The number of nitrogens with zero attached hydrogens (tertiary/aromatic N) is 1. The van der Waals surface area contributed by atoms with Gasteiger partial charge in [0.05, 0.1) is 0 Å². The van der Waals surface area contributed by atoms with Crippen molar-refractivity contribution in [1.29, 1.82) is 0 Å². The Bertz CT molecular complexity index is 312. The van der Waals surface area contributed by atoms with E-state index in [4.69, 9.17) is 0 Å². The molecule has 3 aliphatic rings. The van der Waals surface area contributed by atoms with E-state index in [1.165, 1.54) is 32.2 Å². The minimum atomic E-state index is 0.370. The van der Waals surface area contributed by atoms with E-state index >= 15 is 0 Å². The molecule has 0 radical (unpaired) electrons. The molecule has 0 unspecified atom stereocenters. The van der Waals surface area contributed by atoms with Gasteiger partial charge in [-0.05, 0) is 69.7 Å². The first-order valence-corrected chi connectivity index (χ1v) is 7.06. The highest BCUT2D eigenvalue weighted by Gasteiger charge is 2.67. The van der Waals surface area contributed by atoms with Gasteiger partial charge in [-0.1, -0.05) is 13.8 Å². The zero-order chi connectivity index (χ0) is 11.8. The predicted octanol–water partition coefficient (Wildman–Crippen LogP) is 3.69. The summed E-state index contributed by atoms with van der Waals surface area (Å²) in [5, 5.41) is 0. The molecule has 1 heterocycles. The molecule has 0 N–H and O–H groups in total. The Labute approximate surface area is 101 Å². The molecule has 0 aromatic carbocycles. The highest BCUT2D eigenvalue weighted by molar-refractivity contribution is 5.19. The van der Waals surface area contributed by atoms with Crippen LogP contribution in [-0.4, -0.2) is 23.0 Å². The second kappa shape index (κ2) is 2.85. The number of hydrogen-bond acceptors (Lipinski definition) is 1. The van der Waals surface area contributed by atoms with Crippen molar-refractivity contribution in [1.82, 2.24) is 4.90 Å². The van der Waals surface area contributed by atoms with E-state index in [0.717, 1.165) is 12.0 Å². The van der Waals surface area contributed by atoms with Crippen LogP contribution in [0.5, 0.6) is 0 Å². The van der Waals surface area contributed by atoms with Gasteiger partial charge in [-0.3, -0.25) is 4.90 Å². The first-order chi connectivity index (χ1) is 7.29. The molecule has 0 aromatic rings. The van der Waals surface area contributed by atoms with Crippen LogP contribution >= 0.6 is 0 Å². The van der Waals surface area contributed by atoms with Crippen LogP contribution < -0.4 is 0 Å². The van der Waals surface area contributed by atoms with Gasteiger partial charge in [-0.2, -0.15) is 0 Å². The molecule has 1 saturated heterocycles. The number of hydrogen-bond donors (Lipinski definition) is 0. The van der Waals surface area contributed by atoms with Gasteiger partial charge in [0, 0.05) is 11.6 Å². The fourth-order valence-electron chi connectivity index (χ4n) is 5.34. The largest absolute Gasteiger partial charge is 0.295 e. The summed E-state index contributed by atoms with van der Waals surface area (Å²) >= 11 is 0. The van der Waals surface area contributed by atoms with Gasteiger partial charge in [0.2, 0.25) is 0 Å². The van der Waals surface area contributed by atoms with Crippen LogP contribution in [0, 0.1) is 16.7 Å². The van der Waals surface area contributed by atoms with Crippen molar-refractivity contribution in [3.63, 3.8) is 0 Å². The van der Waals surface area contributed by atoms with Crippen LogP contribution in [0.15, 0.2) is 0 Å². The Balaban J connectivity index is 1.98. The average molecular weight is 221 g/mol. The first kappa shape index (κ1) is 11.1. The molecule has 16 heavy (non-hydrogen) atoms. The summed E-state index contributed by atoms with van der Waals surface area (Å²) in [6, 6.07) is 0.890. The molecule has 92 valence electrons. The molecule has 2 bridgehead atoms. The second-order valence-corrected chi connectivity index (χ2v) is 7.98. The second-order valence-electron chi connectivity index (χ2n) is 7.98. The third kappa shape index (κ3) is 1.06. The van der Waals surface area contributed by atoms with E-state index in [1.54, 1.807) is 0 Å². The molecule has 3 rings (SSSR count). The number of rotatable bonds is 0. The third-order valence-corrected chi connectivity index (χ3v) is 6.43. The lowest BCUT2D eigenvalue weighted by Crippen LogP contribution is -2.48. The molecule has 3 fully saturated rings. The minimum Gasteiger partial charge on any atom is -0.295 e. The van der Waals surface area contributed by atoms with Crippen molar-refractivity contribution in [2.75, 3.05) is 6.54 Å². The van der Waals surface area contributed by atoms with Crippen molar-refractivity contribution in [3.05, 3.63) is 0 Å². The van der Waals surface area contributed by atoms with Gasteiger partial charge < -0.3 is 0 Å². The first-order valence-electron chi connectivity index (χ1n) is 7.06. The van der Waals surface area contributed by atoms with Crippen LogP contribution in [0.2, 0.25) is 0 Å². The number of likely N-dealkylation sites (tertiary alicyclic amines) is 1. The Hall–Kier alpha value is -0.0400. The smallest absolute Gasteiger partial charge is 0.0165 e. The average Bonchev–Trinajstić information content (AvgIpc) is 2.70. The molecule has 0 amide bonds. The molecule has 0 aromatic heterocycles. The van der Waals surface area contributed by atoms with Crippen LogP contribution in [-0.2, 0) is 0 Å². The Morgan fingerprint density at radius 2 is 1.81 bits per heavy atom. The molecule has 2 saturated carbocycles. The molecule has 1 spiro atoms. The standard InChI is InChI=1S/C15H27N/c1-13(2,3)16-9-8-15-7-6-11(10-12(15)16)14(15,4)5/h11-12H,6-10H2,1-5H3/t11-,12-,15-/m0/s1. The maximum Gasteiger partial charge on any atom is 0.0165 e. The fraction of sp³-hybridized carbons (Fsp3) is 1.00. The van der Waals surface area contributed by atoms with Gasteiger partial charge in [0.15, 0.2) is 0 Å². The van der Waals surface area contributed by atoms with E-state index in [9.17, 15) is 0 Å². The van der Waals surface area contributed by atoms with Gasteiger partial charge in [0.25, 0.3) is 0 Å². The van der Waals surface area contributed by atoms with E-state index in [1.807, 2.05) is 0 Å². The molecule has 2 aliphatic carbocycles. The Morgan fingerprint density at radius 1 is 1.12 bits per heavy atom. The summed E-state index contributed by atoms with van der Waals surface area (Å²) in [4.78, 5) is 2.81. The van der Waals surface area contributed by atoms with Gasteiger partial charge >= 0.3 is 0 Å². The molecular weight excluding hydrogens is 194 g/mol. The summed E-state index contributed by atoms with van der Waals surface area (Å²) in [6.07, 6.45) is 5.94. The van der Waals surface area contributed by atoms with E-state index in [0.29, 0.717) is 16.4 Å². The maximum atomic E-state index is 2.81. The Morgan fingerprint density at radius 3 is 2.38 bits per heavy atom. The molecule has 1 nitrogen and oxygen atoms in total. The number of fused-ring (bicyclic) bond motifs is 1. The summed E-state index contributed by atoms with van der Waals surface area (Å²) in [7, 11) is 0. The summed E-state index contributed by atoms with van der Waals surface area (Å²) in [5.41, 5.74) is 1.65. The lowest BCUT2D eigenvalue weighted by atomic mass is 9.67. The van der Waals surface area contributed by atoms with Crippen LogP contribution in [0.25, 0.3) is 0 Å². The van der Waals surface area contributed by atoms with Gasteiger partial charge in [-0.15, -0.1) is 0 Å². The van der Waals surface area contributed by atoms with E-state index in [-0.39, 0.29) is 0 Å². The zero-order valence-corrected chi connectivity index (χ0v) is 11.6. The highest BCUT2D eigenvalue weighted by atomic mass is 15.3. The van der Waals surface area contributed by atoms with Crippen LogP contribution in [0.1, 0.15) is 60.3 Å². The lowest BCUT2D eigenvalue weighted by Gasteiger charge is -2.43. The van der Waals surface area contributed by atoms with Crippen molar-refractivity contribution in [2.45, 2.75) is 71.9 Å². The minimum absolute atomic E-state index is 0.370. The van der Waals surface area contributed by atoms with Gasteiger partial charge in [0.1, 0.15) is 0 Å². The van der Waals surface area contributed by atoms with Crippen molar-refractivity contribution in [3.8, 4) is 0 Å². The SMILES string of the molecule is CC(C)(C)N1CC[C@@]23CC[C@@H](C[C@H]12)C3(C)C. The van der Waals surface area contributed by atoms with Crippen LogP contribution in [0.4, 0.5) is 0 Å². The monoisotopic (exact) mass is 221 g/mol. The van der Waals surface area contributed by atoms with Crippen molar-refractivity contribution < 1.29 is 0 Å². The van der Waals surface area contributed by atoms with E-state index in [2.05, 4.69) is 39.5 Å². The van der Waals surface area contributed by atoms with Crippen molar-refractivity contribution in [2.24, 2.45) is 16.7 Å². The topological polar surface area (TPSA) is 3.24 Å². The summed E-state index contributed by atoms with van der Waals surface area (Å²) in [5.74, 6) is 1.00. The molecule has 1 aliphatic heterocycles.